The zero-order chi connectivity index (χ0) is 19.6. The summed E-state index contributed by atoms with van der Waals surface area (Å²) in [6.45, 7) is 2.31. The zero-order valence-electron chi connectivity index (χ0n) is 19.1. The molecule has 3 saturated carbocycles. The molecule has 0 amide bonds. The fourth-order valence-corrected chi connectivity index (χ4v) is 7.03. The number of rotatable bonds is 11. The van der Waals surface area contributed by atoms with Crippen molar-refractivity contribution < 1.29 is 5.11 Å². The fraction of sp³-hybridized carbons (Fsp3) is 1.00. The molecule has 0 spiro atoms. The largest absolute Gasteiger partial charge is 0.393 e. The van der Waals surface area contributed by atoms with E-state index in [1.165, 1.54) is 116 Å². The van der Waals surface area contributed by atoms with Crippen LogP contribution in [0.2, 0.25) is 0 Å². The Bertz CT molecular complexity index is 397. The quantitative estimate of drug-likeness (QED) is 0.352. The Balaban J connectivity index is 1.22. The van der Waals surface area contributed by atoms with E-state index in [2.05, 4.69) is 6.92 Å². The van der Waals surface area contributed by atoms with Gasteiger partial charge in [-0.3, -0.25) is 0 Å². The summed E-state index contributed by atoms with van der Waals surface area (Å²) < 4.78 is 0. The Morgan fingerprint density at radius 3 is 1.79 bits per heavy atom. The molecule has 0 bridgehead atoms. The van der Waals surface area contributed by atoms with Crippen LogP contribution in [0.25, 0.3) is 0 Å². The highest BCUT2D eigenvalue weighted by atomic mass is 16.3. The van der Waals surface area contributed by atoms with Gasteiger partial charge in [-0.15, -0.1) is 0 Å². The van der Waals surface area contributed by atoms with Gasteiger partial charge in [0.2, 0.25) is 0 Å². The van der Waals surface area contributed by atoms with Crippen LogP contribution >= 0.6 is 0 Å². The number of fused-ring (bicyclic) bond motifs is 1. The maximum atomic E-state index is 10.1. The van der Waals surface area contributed by atoms with Gasteiger partial charge in [0.25, 0.3) is 0 Å². The third-order valence-corrected chi connectivity index (χ3v) is 8.90. The first kappa shape index (κ1) is 22.6. The molecule has 0 radical (unpaired) electrons. The molecule has 0 aromatic carbocycles. The summed E-state index contributed by atoms with van der Waals surface area (Å²) in [7, 11) is 0. The molecule has 3 fully saturated rings. The normalized spacial score (nSPS) is 36.2. The van der Waals surface area contributed by atoms with E-state index in [0.717, 1.165) is 42.4 Å². The molecule has 0 aromatic heterocycles. The molecular formula is C27H50O. The maximum Gasteiger partial charge on any atom is 0.0543 e. The molecule has 4 atom stereocenters. The number of aliphatic hydroxyl groups is 1. The maximum absolute atomic E-state index is 10.1. The van der Waals surface area contributed by atoms with Crippen LogP contribution in [0.5, 0.6) is 0 Å². The molecule has 0 heterocycles. The lowest BCUT2D eigenvalue weighted by molar-refractivity contribution is 0.0179. The van der Waals surface area contributed by atoms with Crippen molar-refractivity contribution in [2.24, 2.45) is 29.6 Å². The van der Waals surface area contributed by atoms with Crippen LogP contribution in [0.4, 0.5) is 0 Å². The van der Waals surface area contributed by atoms with Crippen LogP contribution in [-0.4, -0.2) is 11.2 Å². The summed E-state index contributed by atoms with van der Waals surface area (Å²) in [5.74, 6) is 4.90. The molecule has 1 N–H and O–H groups in total. The van der Waals surface area contributed by atoms with Gasteiger partial charge in [-0.2, -0.15) is 0 Å². The van der Waals surface area contributed by atoms with Gasteiger partial charge < -0.3 is 5.11 Å². The van der Waals surface area contributed by atoms with Gasteiger partial charge in [0.05, 0.1) is 6.10 Å². The second-order valence-electron chi connectivity index (χ2n) is 11.0. The van der Waals surface area contributed by atoms with Crippen molar-refractivity contribution in [3.63, 3.8) is 0 Å². The molecule has 0 aromatic rings. The minimum Gasteiger partial charge on any atom is -0.393 e. The van der Waals surface area contributed by atoms with Gasteiger partial charge >= 0.3 is 0 Å². The van der Waals surface area contributed by atoms with E-state index in [1.54, 1.807) is 0 Å². The Kier molecular flexibility index (Phi) is 10.2. The van der Waals surface area contributed by atoms with Crippen LogP contribution < -0.4 is 0 Å². The highest BCUT2D eigenvalue weighted by molar-refractivity contribution is 4.89. The van der Waals surface area contributed by atoms with Gasteiger partial charge in [0.15, 0.2) is 0 Å². The first-order chi connectivity index (χ1) is 13.8. The minimum atomic E-state index is 0.0204. The van der Waals surface area contributed by atoms with Crippen LogP contribution in [-0.2, 0) is 0 Å². The lowest BCUT2D eigenvalue weighted by atomic mass is 9.62. The predicted octanol–water partition coefficient (Wildman–Crippen LogP) is 8.29. The first-order valence-electron chi connectivity index (χ1n) is 13.4. The first-order valence-corrected chi connectivity index (χ1v) is 13.4. The topological polar surface area (TPSA) is 20.2 Å². The second kappa shape index (κ2) is 12.6. The summed E-state index contributed by atoms with van der Waals surface area (Å²) >= 11 is 0. The molecule has 0 aliphatic heterocycles. The standard InChI is InChI=1S/C27H50O/c1-2-3-4-5-6-7-8-9-10-11-22-12-14-23(15-13-22)25-17-16-24-18-19-27(28)21-26(24)20-25/h22-28H,2-21H2,1H3. The molecule has 28 heavy (non-hydrogen) atoms. The number of unbranched alkanes of at least 4 members (excludes halogenated alkanes) is 8. The summed E-state index contributed by atoms with van der Waals surface area (Å²) in [6.07, 6.45) is 28.7. The van der Waals surface area contributed by atoms with Gasteiger partial charge in [0, 0.05) is 0 Å². The molecule has 4 unspecified atom stereocenters. The van der Waals surface area contributed by atoms with Crippen LogP contribution in [0.15, 0.2) is 0 Å². The zero-order valence-corrected chi connectivity index (χ0v) is 19.1. The van der Waals surface area contributed by atoms with E-state index in [4.69, 9.17) is 0 Å². The molecular weight excluding hydrogens is 340 g/mol. The molecule has 3 aliphatic carbocycles. The average molecular weight is 391 g/mol. The smallest absolute Gasteiger partial charge is 0.0543 e. The van der Waals surface area contributed by atoms with Gasteiger partial charge in [0.1, 0.15) is 0 Å². The Morgan fingerprint density at radius 2 is 1.07 bits per heavy atom. The molecule has 1 heteroatoms. The SMILES string of the molecule is CCCCCCCCCCCC1CCC(C2CCC3CCC(O)CC3C2)CC1. The fourth-order valence-electron chi connectivity index (χ4n) is 7.03. The summed E-state index contributed by atoms with van der Waals surface area (Å²) in [4.78, 5) is 0. The van der Waals surface area contributed by atoms with E-state index in [-0.39, 0.29) is 6.10 Å². The van der Waals surface area contributed by atoms with Crippen molar-refractivity contribution in [1.29, 1.82) is 0 Å². The Morgan fingerprint density at radius 1 is 0.536 bits per heavy atom. The van der Waals surface area contributed by atoms with E-state index < -0.39 is 0 Å². The van der Waals surface area contributed by atoms with Gasteiger partial charge in [-0.05, 0) is 81.0 Å². The van der Waals surface area contributed by atoms with Crippen LogP contribution in [0.3, 0.4) is 0 Å². The van der Waals surface area contributed by atoms with Crippen molar-refractivity contribution in [1.82, 2.24) is 0 Å². The highest BCUT2D eigenvalue weighted by Gasteiger charge is 2.38. The Labute approximate surface area is 176 Å². The highest BCUT2D eigenvalue weighted by Crippen LogP contribution is 2.48. The summed E-state index contributed by atoms with van der Waals surface area (Å²) in [5, 5.41) is 10.1. The van der Waals surface area contributed by atoms with Crippen LogP contribution in [0, 0.1) is 29.6 Å². The van der Waals surface area contributed by atoms with Crippen molar-refractivity contribution in [3.8, 4) is 0 Å². The van der Waals surface area contributed by atoms with Crippen molar-refractivity contribution in [2.75, 3.05) is 0 Å². The van der Waals surface area contributed by atoms with Crippen LogP contribution in [0.1, 0.15) is 135 Å². The average Bonchev–Trinajstić information content (AvgIpc) is 2.72. The molecule has 3 rings (SSSR count). The van der Waals surface area contributed by atoms with Crippen molar-refractivity contribution in [2.45, 2.75) is 141 Å². The molecule has 3 aliphatic rings. The van der Waals surface area contributed by atoms with E-state index in [1.807, 2.05) is 0 Å². The third kappa shape index (κ3) is 7.33. The van der Waals surface area contributed by atoms with E-state index in [0.29, 0.717) is 0 Å². The molecule has 164 valence electrons. The third-order valence-electron chi connectivity index (χ3n) is 8.90. The minimum absolute atomic E-state index is 0.0204. The lowest BCUT2D eigenvalue weighted by Gasteiger charge is -2.44. The summed E-state index contributed by atoms with van der Waals surface area (Å²) in [5.41, 5.74) is 0. The van der Waals surface area contributed by atoms with Crippen molar-refractivity contribution in [3.05, 3.63) is 0 Å². The van der Waals surface area contributed by atoms with E-state index >= 15 is 0 Å². The summed E-state index contributed by atoms with van der Waals surface area (Å²) in [6, 6.07) is 0. The Hall–Kier alpha value is -0.0400. The number of hydrogen-bond donors (Lipinski definition) is 1. The predicted molar refractivity (Wildman–Crippen MR) is 121 cm³/mol. The van der Waals surface area contributed by atoms with E-state index in [9.17, 15) is 5.11 Å². The molecule has 0 saturated heterocycles. The monoisotopic (exact) mass is 390 g/mol. The van der Waals surface area contributed by atoms with Crippen molar-refractivity contribution >= 4 is 0 Å². The number of hydrogen-bond acceptors (Lipinski definition) is 1. The number of aliphatic hydroxyl groups excluding tert-OH is 1. The van der Waals surface area contributed by atoms with Gasteiger partial charge in [-0.25, -0.2) is 0 Å². The second-order valence-corrected chi connectivity index (χ2v) is 11.0. The molecule has 1 nitrogen and oxygen atoms in total. The van der Waals surface area contributed by atoms with Gasteiger partial charge in [-0.1, -0.05) is 84.0 Å². The lowest BCUT2D eigenvalue weighted by Crippen LogP contribution is -2.36.